The molecule has 0 radical (unpaired) electrons. The molecule has 1 aliphatic carbocycles. The minimum Gasteiger partial charge on any atom is -0.480 e. The molecule has 3 N–H and O–H groups in total. The molecule has 0 heterocycles. The third-order valence-electron chi connectivity index (χ3n) is 4.51. The highest BCUT2D eigenvalue weighted by Gasteiger charge is 2.45. The summed E-state index contributed by atoms with van der Waals surface area (Å²) in [6, 6.07) is 9.93. The van der Waals surface area contributed by atoms with Crippen LogP contribution in [-0.4, -0.2) is 29.4 Å². The predicted molar refractivity (Wildman–Crippen MR) is 96.6 cm³/mol. The highest BCUT2D eigenvalue weighted by molar-refractivity contribution is 5.95. The summed E-state index contributed by atoms with van der Waals surface area (Å²) >= 11 is 0. The van der Waals surface area contributed by atoms with Gasteiger partial charge in [0.25, 0.3) is 0 Å². The number of nitrogens with one attached hydrogen (secondary N) is 2. The Morgan fingerprint density at radius 3 is 2.43 bits per heavy atom. The first-order valence-corrected chi connectivity index (χ1v) is 8.66. The number of aliphatic carboxylic acids is 1. The Hall–Kier alpha value is -3.29. The lowest BCUT2D eigenvalue weighted by molar-refractivity contribution is -0.137. The first-order valence-electron chi connectivity index (χ1n) is 8.66. The van der Waals surface area contributed by atoms with Gasteiger partial charge in [0.15, 0.2) is 0 Å². The van der Waals surface area contributed by atoms with Gasteiger partial charge in [-0.15, -0.1) is 0 Å². The molecule has 2 atom stereocenters. The molecule has 6 nitrogen and oxygen atoms in total. The molecule has 0 saturated heterocycles. The fraction of sp³-hybridized carbons (Fsp3) is 0.250. The van der Waals surface area contributed by atoms with Crippen molar-refractivity contribution in [1.29, 1.82) is 0 Å². The Bertz CT molecular complexity index is 915. The number of hydrogen-bond donors (Lipinski definition) is 3. The largest absolute Gasteiger partial charge is 0.480 e. The summed E-state index contributed by atoms with van der Waals surface area (Å²) in [6.45, 7) is -0.440. The summed E-state index contributed by atoms with van der Waals surface area (Å²) < 4.78 is 26.8. The Balaban J connectivity index is 1.52. The quantitative estimate of drug-likeness (QED) is 0.679. The van der Waals surface area contributed by atoms with Gasteiger partial charge < -0.3 is 15.7 Å². The Morgan fingerprint density at radius 1 is 1.07 bits per heavy atom. The summed E-state index contributed by atoms with van der Waals surface area (Å²) in [5.41, 5.74) is 1.53. The molecule has 1 aliphatic rings. The highest BCUT2D eigenvalue weighted by atomic mass is 19.1. The molecule has 2 aromatic carbocycles. The Kier molecular flexibility index (Phi) is 5.67. The van der Waals surface area contributed by atoms with E-state index >= 15 is 0 Å². The van der Waals surface area contributed by atoms with Gasteiger partial charge in [-0.3, -0.25) is 14.4 Å². The number of benzene rings is 2. The van der Waals surface area contributed by atoms with Crippen LogP contribution in [0.5, 0.6) is 0 Å². The lowest BCUT2D eigenvalue weighted by Crippen LogP contribution is -2.30. The van der Waals surface area contributed by atoms with Crippen molar-refractivity contribution >= 4 is 23.5 Å². The molecule has 0 aromatic heterocycles. The number of carboxylic acids is 1. The van der Waals surface area contributed by atoms with E-state index in [-0.39, 0.29) is 24.2 Å². The van der Waals surface area contributed by atoms with E-state index in [9.17, 15) is 23.2 Å². The van der Waals surface area contributed by atoms with Gasteiger partial charge in [0.2, 0.25) is 11.8 Å². The smallest absolute Gasteiger partial charge is 0.322 e. The molecule has 3 rings (SSSR count). The first kappa shape index (κ1) is 19.5. The maximum atomic E-state index is 13.8. The fourth-order valence-electron chi connectivity index (χ4n) is 2.99. The van der Waals surface area contributed by atoms with Crippen molar-refractivity contribution in [2.75, 3.05) is 11.9 Å². The van der Waals surface area contributed by atoms with Crippen LogP contribution in [0.2, 0.25) is 0 Å². The van der Waals surface area contributed by atoms with E-state index in [0.717, 1.165) is 6.07 Å². The van der Waals surface area contributed by atoms with Crippen LogP contribution in [0.3, 0.4) is 0 Å². The Labute approximate surface area is 159 Å². The summed E-state index contributed by atoms with van der Waals surface area (Å²) in [5, 5.41) is 13.5. The van der Waals surface area contributed by atoms with Gasteiger partial charge in [0.05, 0.1) is 6.42 Å². The lowest BCUT2D eigenvalue weighted by atomic mass is 10.1. The van der Waals surface area contributed by atoms with Crippen LogP contribution in [0, 0.1) is 17.6 Å². The zero-order valence-corrected chi connectivity index (χ0v) is 14.7. The van der Waals surface area contributed by atoms with Crippen molar-refractivity contribution in [3.8, 4) is 0 Å². The van der Waals surface area contributed by atoms with E-state index in [1.165, 1.54) is 12.1 Å². The molecular weight excluding hydrogens is 370 g/mol. The van der Waals surface area contributed by atoms with Gasteiger partial charge in [0, 0.05) is 17.7 Å². The van der Waals surface area contributed by atoms with Gasteiger partial charge >= 0.3 is 5.97 Å². The van der Waals surface area contributed by atoms with E-state index in [4.69, 9.17) is 5.11 Å². The second-order valence-corrected chi connectivity index (χ2v) is 6.65. The fourth-order valence-corrected chi connectivity index (χ4v) is 2.99. The second kappa shape index (κ2) is 8.16. The maximum absolute atomic E-state index is 13.8. The van der Waals surface area contributed by atoms with Gasteiger partial charge in [0.1, 0.15) is 18.2 Å². The number of carbonyl (C=O) groups excluding carboxylic acids is 2. The van der Waals surface area contributed by atoms with Gasteiger partial charge in [-0.2, -0.15) is 0 Å². The summed E-state index contributed by atoms with van der Waals surface area (Å²) in [5.74, 6) is -3.72. The van der Waals surface area contributed by atoms with Crippen molar-refractivity contribution in [2.24, 2.45) is 5.92 Å². The van der Waals surface area contributed by atoms with Crippen molar-refractivity contribution in [2.45, 2.75) is 18.8 Å². The van der Waals surface area contributed by atoms with Crippen molar-refractivity contribution in [1.82, 2.24) is 5.32 Å². The van der Waals surface area contributed by atoms with E-state index in [2.05, 4.69) is 10.6 Å². The number of rotatable bonds is 7. The number of carbonyl (C=O) groups is 3. The second-order valence-electron chi connectivity index (χ2n) is 6.65. The minimum absolute atomic E-state index is 0.0239. The highest BCUT2D eigenvalue weighted by Crippen LogP contribution is 2.48. The lowest BCUT2D eigenvalue weighted by Gasteiger charge is -2.07. The average Bonchev–Trinajstić information content (AvgIpc) is 3.42. The van der Waals surface area contributed by atoms with Crippen LogP contribution in [-0.2, 0) is 20.8 Å². The number of amides is 2. The molecule has 28 heavy (non-hydrogen) atoms. The third-order valence-corrected chi connectivity index (χ3v) is 4.51. The zero-order valence-electron chi connectivity index (χ0n) is 14.7. The monoisotopic (exact) mass is 388 g/mol. The van der Waals surface area contributed by atoms with Gasteiger partial charge in [-0.05, 0) is 41.7 Å². The molecule has 2 unspecified atom stereocenters. The van der Waals surface area contributed by atoms with E-state index < -0.39 is 30.1 Å². The molecule has 1 saturated carbocycles. The molecule has 8 heteroatoms. The molecule has 1 fully saturated rings. The van der Waals surface area contributed by atoms with Crippen molar-refractivity contribution in [3.05, 3.63) is 65.2 Å². The van der Waals surface area contributed by atoms with E-state index in [1.807, 2.05) is 0 Å². The van der Waals surface area contributed by atoms with Crippen molar-refractivity contribution in [3.63, 3.8) is 0 Å². The molecule has 146 valence electrons. The van der Waals surface area contributed by atoms with Crippen LogP contribution in [0.1, 0.15) is 23.5 Å². The summed E-state index contributed by atoms with van der Waals surface area (Å²) in [6.07, 6.45) is 0.520. The molecular formula is C20H18F2N2O4. The number of hydrogen-bond acceptors (Lipinski definition) is 3. The van der Waals surface area contributed by atoms with Crippen LogP contribution >= 0.6 is 0 Å². The maximum Gasteiger partial charge on any atom is 0.322 e. The average molecular weight is 388 g/mol. The topological polar surface area (TPSA) is 95.5 Å². The van der Waals surface area contributed by atoms with Crippen molar-refractivity contribution < 1.29 is 28.3 Å². The normalized spacial score (nSPS) is 17.6. The number of anilines is 1. The van der Waals surface area contributed by atoms with E-state index in [0.29, 0.717) is 23.2 Å². The van der Waals surface area contributed by atoms with Crippen LogP contribution in [0.15, 0.2) is 42.5 Å². The Morgan fingerprint density at radius 2 is 1.79 bits per heavy atom. The van der Waals surface area contributed by atoms with E-state index in [1.54, 1.807) is 24.3 Å². The van der Waals surface area contributed by atoms with Crippen LogP contribution in [0.25, 0.3) is 0 Å². The first-order chi connectivity index (χ1) is 13.3. The van der Waals surface area contributed by atoms with Gasteiger partial charge in [-0.25, -0.2) is 8.78 Å². The number of halogens is 2. The summed E-state index contributed by atoms with van der Waals surface area (Å²) in [7, 11) is 0. The SMILES string of the molecule is O=C(O)CNC(=O)Cc1ccc(NC(=O)C2CC2c2ccc(F)cc2F)cc1. The van der Waals surface area contributed by atoms with Crippen LogP contribution in [0.4, 0.5) is 14.5 Å². The molecule has 0 bridgehead atoms. The number of carboxylic acid groups (broad SMARTS) is 1. The molecule has 0 spiro atoms. The van der Waals surface area contributed by atoms with Gasteiger partial charge in [-0.1, -0.05) is 18.2 Å². The minimum atomic E-state index is -1.12. The predicted octanol–water partition coefficient (Wildman–Crippen LogP) is 2.45. The molecule has 0 aliphatic heterocycles. The standard InChI is InChI=1S/C20H18F2N2O4/c21-12-3-6-14(17(22)8-12)15-9-16(15)20(28)24-13-4-1-11(2-5-13)7-18(25)23-10-19(26)27/h1-6,8,15-16H,7,9-10H2,(H,23,25)(H,24,28)(H,26,27). The zero-order chi connectivity index (χ0) is 20.3. The molecule has 2 aromatic rings. The van der Waals surface area contributed by atoms with Crippen LogP contribution < -0.4 is 10.6 Å². The summed E-state index contributed by atoms with van der Waals surface area (Å²) in [4.78, 5) is 34.3. The molecule has 2 amide bonds. The third kappa shape index (κ3) is 4.91.